The Balaban J connectivity index is 1.98. The lowest BCUT2D eigenvalue weighted by atomic mass is 9.71. The molecule has 26 heavy (non-hydrogen) atoms. The fourth-order valence-corrected chi connectivity index (χ4v) is 5.99. The van der Waals surface area contributed by atoms with Gasteiger partial charge in [-0.2, -0.15) is 5.26 Å². The van der Waals surface area contributed by atoms with Crippen LogP contribution in [0.5, 0.6) is 0 Å². The fourth-order valence-electron chi connectivity index (χ4n) is 5.99. The van der Waals surface area contributed by atoms with Crippen molar-refractivity contribution in [3.8, 4) is 6.07 Å². The van der Waals surface area contributed by atoms with Gasteiger partial charge in [-0.05, 0) is 69.2 Å². The standard InChI is InChI=1S/C24H44N2/c1-4-22(26-19-13-15-21-14-9-10-16-23(21)26)20-24(5-2,6-3)17-11-7-8-12-18-25/h21-23H,4-17,19-20H2,1-3H3. The molecule has 1 aliphatic carbocycles. The Morgan fingerprint density at radius 2 is 1.73 bits per heavy atom. The molecule has 1 saturated heterocycles. The van der Waals surface area contributed by atoms with Gasteiger partial charge in [-0.3, -0.25) is 4.90 Å². The summed E-state index contributed by atoms with van der Waals surface area (Å²) in [6.45, 7) is 8.63. The Morgan fingerprint density at radius 3 is 2.42 bits per heavy atom. The fraction of sp³-hybridized carbons (Fsp3) is 0.958. The van der Waals surface area contributed by atoms with Crippen molar-refractivity contribution in [2.24, 2.45) is 11.3 Å². The number of nitriles is 1. The summed E-state index contributed by atoms with van der Waals surface area (Å²) in [5, 5.41) is 8.75. The number of piperidine rings is 1. The van der Waals surface area contributed by atoms with Gasteiger partial charge in [0.25, 0.3) is 0 Å². The first-order valence-corrected chi connectivity index (χ1v) is 11.8. The van der Waals surface area contributed by atoms with Crippen molar-refractivity contribution in [2.45, 2.75) is 129 Å². The smallest absolute Gasteiger partial charge is 0.0621 e. The molecule has 0 aromatic carbocycles. The van der Waals surface area contributed by atoms with Gasteiger partial charge in [0, 0.05) is 18.5 Å². The summed E-state index contributed by atoms with van der Waals surface area (Å²) in [5.41, 5.74) is 0.523. The first-order chi connectivity index (χ1) is 12.7. The van der Waals surface area contributed by atoms with Crippen molar-refractivity contribution in [1.82, 2.24) is 4.90 Å². The molecule has 0 N–H and O–H groups in total. The second-order valence-corrected chi connectivity index (χ2v) is 9.18. The van der Waals surface area contributed by atoms with E-state index in [1.54, 1.807) is 0 Å². The van der Waals surface area contributed by atoms with Gasteiger partial charge in [-0.25, -0.2) is 0 Å². The summed E-state index contributed by atoms with van der Waals surface area (Å²) in [4.78, 5) is 2.98. The summed E-state index contributed by atoms with van der Waals surface area (Å²) in [7, 11) is 0. The van der Waals surface area contributed by atoms with Crippen molar-refractivity contribution in [1.29, 1.82) is 5.26 Å². The number of hydrogen-bond donors (Lipinski definition) is 0. The van der Waals surface area contributed by atoms with Gasteiger partial charge in [0.2, 0.25) is 0 Å². The Labute approximate surface area is 163 Å². The van der Waals surface area contributed by atoms with Crippen LogP contribution in [-0.2, 0) is 0 Å². The maximum absolute atomic E-state index is 8.75. The molecule has 0 aromatic heterocycles. The molecule has 2 rings (SSSR count). The number of hydrogen-bond acceptors (Lipinski definition) is 2. The Bertz CT molecular complexity index is 418. The quantitative estimate of drug-likeness (QED) is 0.368. The van der Waals surface area contributed by atoms with Crippen LogP contribution >= 0.6 is 0 Å². The average molecular weight is 361 g/mol. The molecule has 0 amide bonds. The molecule has 2 heteroatoms. The van der Waals surface area contributed by atoms with E-state index in [9.17, 15) is 0 Å². The Kier molecular flexibility index (Phi) is 9.48. The third-order valence-corrected chi connectivity index (χ3v) is 7.89. The second kappa shape index (κ2) is 11.3. The van der Waals surface area contributed by atoms with E-state index >= 15 is 0 Å². The molecule has 2 aliphatic rings. The van der Waals surface area contributed by atoms with Gasteiger partial charge in [-0.1, -0.05) is 59.3 Å². The maximum atomic E-state index is 8.75. The molecule has 0 bridgehead atoms. The minimum atomic E-state index is 0.523. The van der Waals surface area contributed by atoms with Crippen molar-refractivity contribution < 1.29 is 0 Å². The summed E-state index contributed by atoms with van der Waals surface area (Å²) in [6, 6.07) is 3.98. The number of fused-ring (bicyclic) bond motifs is 1. The Morgan fingerprint density at radius 1 is 1.00 bits per heavy atom. The van der Waals surface area contributed by atoms with Crippen molar-refractivity contribution in [2.75, 3.05) is 6.54 Å². The van der Waals surface area contributed by atoms with Crippen molar-refractivity contribution in [3.05, 3.63) is 0 Å². The van der Waals surface area contributed by atoms with Crippen LogP contribution in [0.1, 0.15) is 117 Å². The van der Waals surface area contributed by atoms with E-state index in [1.807, 2.05) is 0 Å². The number of unbranched alkanes of at least 4 members (excludes halogenated alkanes) is 3. The molecule has 3 unspecified atom stereocenters. The highest BCUT2D eigenvalue weighted by Crippen LogP contribution is 2.43. The van der Waals surface area contributed by atoms with E-state index in [0.29, 0.717) is 5.41 Å². The summed E-state index contributed by atoms with van der Waals surface area (Å²) < 4.78 is 0. The molecule has 0 aromatic rings. The monoisotopic (exact) mass is 360 g/mol. The average Bonchev–Trinajstić information content (AvgIpc) is 2.70. The lowest BCUT2D eigenvalue weighted by Gasteiger charge is -2.50. The van der Waals surface area contributed by atoms with Gasteiger partial charge in [0.05, 0.1) is 6.07 Å². The highest BCUT2D eigenvalue weighted by atomic mass is 15.2. The van der Waals surface area contributed by atoms with E-state index < -0.39 is 0 Å². The topological polar surface area (TPSA) is 27.0 Å². The van der Waals surface area contributed by atoms with Gasteiger partial charge < -0.3 is 0 Å². The van der Waals surface area contributed by atoms with Crippen molar-refractivity contribution >= 4 is 0 Å². The largest absolute Gasteiger partial charge is 0.297 e. The molecule has 2 fully saturated rings. The predicted molar refractivity (Wildman–Crippen MR) is 112 cm³/mol. The molecular weight excluding hydrogens is 316 g/mol. The highest BCUT2D eigenvalue weighted by molar-refractivity contribution is 4.93. The van der Waals surface area contributed by atoms with Crippen LogP contribution in [0.2, 0.25) is 0 Å². The first kappa shape index (κ1) is 21.7. The number of rotatable bonds is 11. The minimum absolute atomic E-state index is 0.523. The zero-order valence-electron chi connectivity index (χ0n) is 17.9. The predicted octanol–water partition coefficient (Wildman–Crippen LogP) is 7.09. The van der Waals surface area contributed by atoms with E-state index in [4.69, 9.17) is 5.26 Å². The van der Waals surface area contributed by atoms with E-state index in [2.05, 4.69) is 31.7 Å². The molecule has 1 saturated carbocycles. The lowest BCUT2D eigenvalue weighted by molar-refractivity contribution is 0.00165. The van der Waals surface area contributed by atoms with Gasteiger partial charge in [0.1, 0.15) is 0 Å². The molecule has 1 heterocycles. The van der Waals surface area contributed by atoms with Crippen LogP contribution in [0.3, 0.4) is 0 Å². The van der Waals surface area contributed by atoms with Gasteiger partial charge >= 0.3 is 0 Å². The summed E-state index contributed by atoms with van der Waals surface area (Å²) in [6.07, 6.45) is 19.9. The third-order valence-electron chi connectivity index (χ3n) is 7.89. The highest BCUT2D eigenvalue weighted by Gasteiger charge is 2.38. The summed E-state index contributed by atoms with van der Waals surface area (Å²) >= 11 is 0. The van der Waals surface area contributed by atoms with E-state index in [0.717, 1.165) is 30.8 Å². The van der Waals surface area contributed by atoms with E-state index in [1.165, 1.54) is 90.0 Å². The van der Waals surface area contributed by atoms with E-state index in [-0.39, 0.29) is 0 Å². The SMILES string of the molecule is CCC(CC(CC)(CC)CCCCCC#N)N1CCCC2CCCCC21. The molecule has 1 aliphatic heterocycles. The lowest BCUT2D eigenvalue weighted by Crippen LogP contribution is -2.52. The zero-order chi connectivity index (χ0) is 18.8. The molecular formula is C24H44N2. The second-order valence-electron chi connectivity index (χ2n) is 9.18. The van der Waals surface area contributed by atoms with Crippen LogP contribution in [0.15, 0.2) is 0 Å². The third kappa shape index (κ3) is 5.72. The maximum Gasteiger partial charge on any atom is 0.0621 e. The molecule has 3 atom stereocenters. The number of nitrogens with zero attached hydrogens (tertiary/aromatic N) is 2. The zero-order valence-corrected chi connectivity index (χ0v) is 17.9. The molecule has 0 spiro atoms. The molecule has 2 nitrogen and oxygen atoms in total. The first-order valence-electron chi connectivity index (χ1n) is 11.8. The van der Waals surface area contributed by atoms with Crippen LogP contribution < -0.4 is 0 Å². The van der Waals surface area contributed by atoms with Gasteiger partial charge in [-0.15, -0.1) is 0 Å². The van der Waals surface area contributed by atoms with Gasteiger partial charge in [0.15, 0.2) is 0 Å². The normalized spacial score (nSPS) is 25.5. The van der Waals surface area contributed by atoms with Crippen LogP contribution in [0, 0.1) is 22.7 Å². The molecule has 0 radical (unpaired) electrons. The van der Waals surface area contributed by atoms with Crippen LogP contribution in [0.4, 0.5) is 0 Å². The summed E-state index contributed by atoms with van der Waals surface area (Å²) in [5.74, 6) is 0.996. The van der Waals surface area contributed by atoms with Crippen molar-refractivity contribution in [3.63, 3.8) is 0 Å². The molecule has 150 valence electrons. The minimum Gasteiger partial charge on any atom is -0.297 e. The van der Waals surface area contributed by atoms with Crippen LogP contribution in [0.25, 0.3) is 0 Å². The van der Waals surface area contributed by atoms with Crippen LogP contribution in [-0.4, -0.2) is 23.5 Å². The Hall–Kier alpha value is -0.550. The number of likely N-dealkylation sites (tertiary alicyclic amines) is 1.